The molecule has 15 rings (SSSR count). The number of nitrogens with zero attached hydrogens (tertiary/aromatic N) is 12. The first-order valence-corrected chi connectivity index (χ1v) is 35.5. The third-order valence-electron chi connectivity index (χ3n) is 19.8. The van der Waals surface area contributed by atoms with Crippen molar-refractivity contribution in [2.45, 2.75) is 117 Å². The number of urea groups is 3. The summed E-state index contributed by atoms with van der Waals surface area (Å²) in [4.78, 5) is 80.3. The van der Waals surface area contributed by atoms with Gasteiger partial charge < -0.3 is 75.0 Å². The van der Waals surface area contributed by atoms with Gasteiger partial charge in [-0.05, 0) is 134 Å². The van der Waals surface area contributed by atoms with Gasteiger partial charge in [0.1, 0.15) is 17.5 Å². The number of anilines is 6. The number of nitrogens with one attached hydrogen (secondary N) is 6. The lowest BCUT2D eigenvalue weighted by molar-refractivity contribution is -0.0699. The lowest BCUT2D eigenvalue weighted by Crippen LogP contribution is -2.51. The molecule has 9 aliphatic heterocycles. The maximum Gasteiger partial charge on any atom is 0.319 e. The minimum Gasteiger partial charge on any atom is -0.378 e. The van der Waals surface area contributed by atoms with E-state index in [1.54, 1.807) is 0 Å². The summed E-state index contributed by atoms with van der Waals surface area (Å²) in [5.74, 6) is 5.29. The first-order valence-electron chi connectivity index (χ1n) is 35.5. The Morgan fingerprint density at radius 2 is 0.646 bits per heavy atom. The molecule has 0 aliphatic carbocycles. The van der Waals surface area contributed by atoms with Crippen molar-refractivity contribution in [3.8, 4) is 34.2 Å². The van der Waals surface area contributed by atoms with Crippen LogP contribution in [0.2, 0.25) is 0 Å². The average molecular weight is 1360 g/mol. The maximum atomic E-state index is 11.8. The Morgan fingerprint density at radius 1 is 0.374 bits per heavy atom. The second-order valence-electron chi connectivity index (χ2n) is 26.7. The summed E-state index contributed by atoms with van der Waals surface area (Å²) in [5, 5.41) is 16.7. The minimum absolute atomic E-state index is 0.209. The maximum absolute atomic E-state index is 11.8. The smallest absolute Gasteiger partial charge is 0.319 e. The third-order valence-corrected chi connectivity index (χ3v) is 19.8. The molecule has 3 aromatic carbocycles. The van der Waals surface area contributed by atoms with Gasteiger partial charge in [-0.3, -0.25) is 14.7 Å². The van der Waals surface area contributed by atoms with E-state index in [1.807, 2.05) is 93.6 Å². The Hall–Kier alpha value is -8.25. The van der Waals surface area contributed by atoms with Crippen LogP contribution in [-0.2, 0) is 67.3 Å². The fourth-order valence-corrected chi connectivity index (χ4v) is 13.9. The van der Waals surface area contributed by atoms with Crippen LogP contribution in [0, 0.1) is 0 Å². The molecule has 6 aromatic rings. The highest BCUT2D eigenvalue weighted by Gasteiger charge is 2.37. The van der Waals surface area contributed by atoms with Crippen LogP contribution >= 0.6 is 0 Å². The van der Waals surface area contributed by atoms with Crippen molar-refractivity contribution in [2.24, 2.45) is 0 Å². The highest BCUT2D eigenvalue weighted by molar-refractivity contribution is 5.91. The van der Waals surface area contributed by atoms with Gasteiger partial charge in [-0.15, -0.1) is 0 Å². The molecule has 0 radical (unpaired) electrons. The van der Waals surface area contributed by atoms with Crippen molar-refractivity contribution in [2.75, 3.05) is 169 Å². The fourth-order valence-electron chi connectivity index (χ4n) is 13.9. The Balaban J connectivity index is 0.000000133. The molecule has 3 atom stereocenters. The molecule has 6 N–H and O–H groups in total. The quantitative estimate of drug-likeness (QED) is 0.0617. The molecule has 6 fully saturated rings. The minimum atomic E-state index is -0.209. The molecule has 6 saturated heterocycles. The number of ether oxygens (including phenoxy) is 6. The van der Waals surface area contributed by atoms with Gasteiger partial charge in [-0.2, -0.15) is 0 Å². The van der Waals surface area contributed by atoms with Crippen molar-refractivity contribution < 1.29 is 42.8 Å². The Kier molecular flexibility index (Phi) is 22.6. The standard InChI is InChI=1S/3C24H32N6O3/c3*1-3-25-24(31)26-18-6-4-17(5-7-18)22-27-21-12-29(19-14-33-15-19)9-8-20(21)23(28-22)30-10-11-32-13-16(30)2/h3*4-7,16,19H,3,8-15H2,1-2H3,(H2,25,26,31)/t3*16-/m000/s1. The Bertz CT molecular complexity index is 3370. The molecule has 9 aliphatic rings. The molecular formula is C72H96N18O9. The van der Waals surface area contributed by atoms with E-state index in [1.165, 1.54) is 16.7 Å². The van der Waals surface area contributed by atoms with Gasteiger partial charge >= 0.3 is 18.1 Å². The molecule has 27 nitrogen and oxygen atoms in total. The Morgan fingerprint density at radius 3 is 0.879 bits per heavy atom. The summed E-state index contributed by atoms with van der Waals surface area (Å²) in [6, 6.07) is 24.8. The van der Waals surface area contributed by atoms with E-state index in [2.05, 4.69) is 82.1 Å². The van der Waals surface area contributed by atoms with E-state index < -0.39 is 0 Å². The van der Waals surface area contributed by atoms with E-state index in [9.17, 15) is 14.4 Å². The molecule has 3 aromatic heterocycles. The SMILES string of the molecule is CCNC(=O)Nc1ccc(-c2nc3c(c(N4CCOC[C@@H]4C)n2)CCN(C2COC2)C3)cc1.CCNC(=O)Nc1ccc(-c2nc3c(c(N4CCOC[C@@H]4C)n2)CCN(C2COC2)C3)cc1.CCNC(=O)Nc1ccc(-c2nc3c(c(N4CCOC[C@@H]4C)n2)CCN(C2COC2)C3)cc1. The van der Waals surface area contributed by atoms with Gasteiger partial charge in [0.05, 0.1) is 133 Å². The molecule has 0 spiro atoms. The number of hydrogen-bond acceptors (Lipinski definition) is 21. The molecule has 0 bridgehead atoms. The number of fused-ring (bicyclic) bond motifs is 3. The Labute approximate surface area is 579 Å². The number of amides is 6. The predicted molar refractivity (Wildman–Crippen MR) is 380 cm³/mol. The number of aromatic nitrogens is 6. The van der Waals surface area contributed by atoms with Crippen LogP contribution in [-0.4, -0.2) is 237 Å². The highest BCUT2D eigenvalue weighted by Crippen LogP contribution is 2.37. The molecule has 0 unspecified atom stereocenters. The zero-order chi connectivity index (χ0) is 68.4. The molecule has 528 valence electrons. The molecule has 12 heterocycles. The van der Waals surface area contributed by atoms with E-state index in [4.69, 9.17) is 58.3 Å². The number of rotatable bonds is 15. The van der Waals surface area contributed by atoms with Crippen LogP contribution < -0.4 is 46.6 Å². The number of carbonyl (C=O) groups excluding carboxylic acids is 3. The van der Waals surface area contributed by atoms with Gasteiger partial charge in [-0.1, -0.05) is 0 Å². The van der Waals surface area contributed by atoms with Crippen molar-refractivity contribution >= 4 is 52.6 Å². The zero-order valence-electron chi connectivity index (χ0n) is 58.0. The van der Waals surface area contributed by atoms with Crippen LogP contribution in [0.15, 0.2) is 72.8 Å². The predicted octanol–water partition coefficient (Wildman–Crippen LogP) is 6.80. The summed E-state index contributed by atoms with van der Waals surface area (Å²) in [6.45, 7) is 31.1. The molecule has 27 heteroatoms. The first-order chi connectivity index (χ1) is 48.4. The summed E-state index contributed by atoms with van der Waals surface area (Å²) in [5.41, 5.74) is 12.1. The van der Waals surface area contributed by atoms with Crippen LogP contribution in [0.5, 0.6) is 0 Å². The van der Waals surface area contributed by atoms with Crippen molar-refractivity contribution in [3.05, 3.63) is 107 Å². The molecule has 99 heavy (non-hydrogen) atoms. The van der Waals surface area contributed by atoms with Gasteiger partial charge in [-0.25, -0.2) is 44.3 Å². The van der Waals surface area contributed by atoms with E-state index >= 15 is 0 Å². The second kappa shape index (κ2) is 32.4. The van der Waals surface area contributed by atoms with Crippen LogP contribution in [0.3, 0.4) is 0 Å². The monoisotopic (exact) mass is 1360 g/mol. The van der Waals surface area contributed by atoms with Crippen LogP contribution in [0.25, 0.3) is 34.2 Å². The van der Waals surface area contributed by atoms with E-state index in [-0.39, 0.29) is 36.2 Å². The summed E-state index contributed by atoms with van der Waals surface area (Å²) >= 11 is 0. The lowest BCUT2D eigenvalue weighted by atomic mass is 10.0. The molecule has 6 amide bonds. The van der Waals surface area contributed by atoms with Crippen molar-refractivity contribution in [3.63, 3.8) is 0 Å². The third kappa shape index (κ3) is 16.5. The second-order valence-corrected chi connectivity index (χ2v) is 26.7. The van der Waals surface area contributed by atoms with Crippen LogP contribution in [0.4, 0.5) is 48.9 Å². The van der Waals surface area contributed by atoms with Gasteiger partial charge in [0.25, 0.3) is 0 Å². The molecular weight excluding hydrogens is 1260 g/mol. The van der Waals surface area contributed by atoms with Crippen LogP contribution in [0.1, 0.15) is 75.3 Å². The van der Waals surface area contributed by atoms with E-state index in [0.29, 0.717) is 77.4 Å². The summed E-state index contributed by atoms with van der Waals surface area (Å²) in [7, 11) is 0. The summed E-state index contributed by atoms with van der Waals surface area (Å²) in [6.07, 6.45) is 2.84. The average Bonchev–Trinajstić information content (AvgIpc) is 0.779. The largest absolute Gasteiger partial charge is 0.378 e. The number of morpholine rings is 3. The normalized spacial score (nSPS) is 21.3. The van der Waals surface area contributed by atoms with Gasteiger partial charge in [0.15, 0.2) is 17.5 Å². The van der Waals surface area contributed by atoms with Crippen molar-refractivity contribution in [1.29, 1.82) is 0 Å². The van der Waals surface area contributed by atoms with Gasteiger partial charge in [0.2, 0.25) is 0 Å². The first kappa shape index (κ1) is 69.2. The number of hydrogen-bond donors (Lipinski definition) is 6. The zero-order valence-corrected chi connectivity index (χ0v) is 58.0. The highest BCUT2D eigenvalue weighted by atomic mass is 16.5. The van der Waals surface area contributed by atoms with Crippen molar-refractivity contribution in [1.82, 2.24) is 60.6 Å². The topological polar surface area (TPSA) is 276 Å². The number of carbonyl (C=O) groups is 3. The molecule has 0 saturated carbocycles. The lowest BCUT2D eigenvalue weighted by Gasteiger charge is -2.41. The summed E-state index contributed by atoms with van der Waals surface area (Å²) < 4.78 is 33.3. The van der Waals surface area contributed by atoms with E-state index in [0.717, 1.165) is 204 Å². The number of benzene rings is 3. The van der Waals surface area contributed by atoms with Gasteiger partial charge in [0, 0.05) is 129 Å². The fraction of sp³-hybridized carbons (Fsp3) is 0.542.